The molecule has 0 radical (unpaired) electrons. The molecule has 0 saturated heterocycles. The zero-order chi connectivity index (χ0) is 18.6. The second kappa shape index (κ2) is 13.0. The molecule has 0 aliphatic rings. The lowest BCUT2D eigenvalue weighted by atomic mass is 9.70. The Morgan fingerprint density at radius 3 is 1.62 bits per heavy atom. The summed E-state index contributed by atoms with van der Waals surface area (Å²) in [7, 11) is 0. The Morgan fingerprint density at radius 2 is 1.25 bits per heavy atom. The second-order valence-electron chi connectivity index (χ2n) is 5.91. The van der Waals surface area contributed by atoms with Gasteiger partial charge in [-0.3, -0.25) is 0 Å². The smallest absolute Gasteiger partial charge is 0.0986 e. The Hall–Kier alpha value is -0.320. The first kappa shape index (κ1) is 23.7. The summed E-state index contributed by atoms with van der Waals surface area (Å²) in [5, 5.41) is 58.5. The van der Waals surface area contributed by atoms with E-state index >= 15 is 0 Å². The molecule has 8 nitrogen and oxygen atoms in total. The SMILES string of the molecule is CCC(C(O)CO)C(O)(COCCOCCO)C(CC)C(O)CO. The van der Waals surface area contributed by atoms with Crippen molar-refractivity contribution >= 4 is 0 Å². The summed E-state index contributed by atoms with van der Waals surface area (Å²) >= 11 is 0. The third-order valence-electron chi connectivity index (χ3n) is 4.41. The Kier molecular flexibility index (Phi) is 12.8. The van der Waals surface area contributed by atoms with Crippen LogP contribution >= 0.6 is 0 Å². The molecule has 0 saturated carbocycles. The summed E-state index contributed by atoms with van der Waals surface area (Å²) in [5.41, 5.74) is -1.62. The fraction of sp³-hybridized carbons (Fsp3) is 1.00. The van der Waals surface area contributed by atoms with E-state index in [1.54, 1.807) is 13.8 Å². The number of ether oxygens (including phenoxy) is 2. The second-order valence-corrected chi connectivity index (χ2v) is 5.91. The molecule has 0 rings (SSSR count). The third-order valence-corrected chi connectivity index (χ3v) is 4.41. The molecule has 4 unspecified atom stereocenters. The van der Waals surface area contributed by atoms with Crippen molar-refractivity contribution in [2.45, 2.75) is 44.5 Å². The molecule has 0 aliphatic carbocycles. The first-order chi connectivity index (χ1) is 11.4. The lowest BCUT2D eigenvalue weighted by molar-refractivity contribution is -0.183. The van der Waals surface area contributed by atoms with Crippen LogP contribution in [-0.2, 0) is 9.47 Å². The van der Waals surface area contributed by atoms with Crippen LogP contribution in [0.1, 0.15) is 26.7 Å². The largest absolute Gasteiger partial charge is 0.394 e. The molecule has 0 aliphatic heterocycles. The van der Waals surface area contributed by atoms with Crippen LogP contribution in [0.25, 0.3) is 0 Å². The van der Waals surface area contributed by atoms with Crippen LogP contribution in [-0.4, -0.2) is 94.7 Å². The maximum Gasteiger partial charge on any atom is 0.0986 e. The van der Waals surface area contributed by atoms with Crippen LogP contribution < -0.4 is 0 Å². The van der Waals surface area contributed by atoms with Gasteiger partial charge in [-0.2, -0.15) is 0 Å². The van der Waals surface area contributed by atoms with Gasteiger partial charge in [-0.15, -0.1) is 0 Å². The molecule has 24 heavy (non-hydrogen) atoms. The first-order valence-electron chi connectivity index (χ1n) is 8.49. The van der Waals surface area contributed by atoms with E-state index in [0.29, 0.717) is 12.8 Å². The molecule has 0 aromatic heterocycles. The van der Waals surface area contributed by atoms with E-state index in [-0.39, 0.29) is 33.0 Å². The van der Waals surface area contributed by atoms with Crippen molar-refractivity contribution in [1.29, 1.82) is 0 Å². The zero-order valence-electron chi connectivity index (χ0n) is 14.7. The van der Waals surface area contributed by atoms with Gasteiger partial charge in [0.25, 0.3) is 0 Å². The maximum atomic E-state index is 11.2. The summed E-state index contributed by atoms with van der Waals surface area (Å²) in [5.74, 6) is -1.46. The molecule has 0 amide bonds. The first-order valence-corrected chi connectivity index (χ1v) is 8.49. The highest BCUT2D eigenvalue weighted by Gasteiger charge is 2.48. The van der Waals surface area contributed by atoms with Crippen molar-refractivity contribution in [2.24, 2.45) is 11.8 Å². The van der Waals surface area contributed by atoms with Crippen LogP contribution in [0.2, 0.25) is 0 Å². The van der Waals surface area contributed by atoms with Gasteiger partial charge in [0.1, 0.15) is 0 Å². The van der Waals surface area contributed by atoms with Gasteiger partial charge in [0.15, 0.2) is 0 Å². The molecule has 8 heteroatoms. The van der Waals surface area contributed by atoms with Crippen LogP contribution in [0, 0.1) is 11.8 Å². The minimum Gasteiger partial charge on any atom is -0.394 e. The molecule has 146 valence electrons. The zero-order valence-corrected chi connectivity index (χ0v) is 14.7. The lowest BCUT2D eigenvalue weighted by Gasteiger charge is -2.44. The predicted molar refractivity (Wildman–Crippen MR) is 87.4 cm³/mol. The molecule has 4 atom stereocenters. The van der Waals surface area contributed by atoms with E-state index in [1.807, 2.05) is 0 Å². The number of rotatable bonds is 15. The average molecular weight is 354 g/mol. The molecule has 0 aromatic rings. The topological polar surface area (TPSA) is 140 Å². The fourth-order valence-corrected chi connectivity index (χ4v) is 3.18. The fourth-order valence-electron chi connectivity index (χ4n) is 3.18. The minimum atomic E-state index is -1.62. The molecule has 0 heterocycles. The number of hydrogen-bond acceptors (Lipinski definition) is 8. The molecule has 0 aromatic carbocycles. The Labute approximate surface area is 143 Å². The molecule has 0 bridgehead atoms. The highest BCUT2D eigenvalue weighted by Crippen LogP contribution is 2.36. The monoisotopic (exact) mass is 354 g/mol. The molecule has 6 N–H and O–H groups in total. The predicted octanol–water partition coefficient (Wildman–Crippen LogP) is -1.50. The number of aliphatic hydroxyl groups excluding tert-OH is 5. The van der Waals surface area contributed by atoms with Gasteiger partial charge in [0.05, 0.1) is 64.1 Å². The molecular weight excluding hydrogens is 320 g/mol. The Morgan fingerprint density at radius 1 is 0.792 bits per heavy atom. The van der Waals surface area contributed by atoms with Gasteiger partial charge in [0, 0.05) is 11.8 Å². The van der Waals surface area contributed by atoms with Crippen LogP contribution in [0.15, 0.2) is 0 Å². The summed E-state index contributed by atoms with van der Waals surface area (Å²) in [4.78, 5) is 0. The van der Waals surface area contributed by atoms with Crippen molar-refractivity contribution in [3.63, 3.8) is 0 Å². The van der Waals surface area contributed by atoms with E-state index in [0.717, 1.165) is 0 Å². The Bertz CT molecular complexity index is 284. The van der Waals surface area contributed by atoms with Crippen LogP contribution in [0.5, 0.6) is 0 Å². The van der Waals surface area contributed by atoms with Gasteiger partial charge in [0.2, 0.25) is 0 Å². The lowest BCUT2D eigenvalue weighted by Crippen LogP contribution is -2.57. The van der Waals surface area contributed by atoms with Crippen molar-refractivity contribution in [3.05, 3.63) is 0 Å². The standard InChI is InChI=1S/C16H34O8/c1-3-12(14(20)9-18)16(22,13(4-2)15(21)10-19)11-24-8-7-23-6-5-17/h12-15,17-22H,3-11H2,1-2H3. The van der Waals surface area contributed by atoms with Crippen LogP contribution in [0.4, 0.5) is 0 Å². The van der Waals surface area contributed by atoms with Crippen LogP contribution in [0.3, 0.4) is 0 Å². The molecular formula is C16H34O8. The Balaban J connectivity index is 5.11. The van der Waals surface area contributed by atoms with E-state index in [4.69, 9.17) is 14.6 Å². The number of hydrogen-bond donors (Lipinski definition) is 6. The van der Waals surface area contributed by atoms with Gasteiger partial charge in [-0.1, -0.05) is 13.8 Å². The summed E-state index contributed by atoms with van der Waals surface area (Å²) in [6.07, 6.45) is -1.63. The maximum absolute atomic E-state index is 11.2. The van der Waals surface area contributed by atoms with E-state index in [1.165, 1.54) is 0 Å². The third kappa shape index (κ3) is 6.89. The van der Waals surface area contributed by atoms with Gasteiger partial charge < -0.3 is 40.1 Å². The van der Waals surface area contributed by atoms with Crippen molar-refractivity contribution < 1.29 is 40.1 Å². The number of aliphatic hydroxyl groups is 6. The summed E-state index contributed by atoms with van der Waals surface area (Å²) in [6, 6.07) is 0. The highest BCUT2D eigenvalue weighted by atomic mass is 16.5. The van der Waals surface area contributed by atoms with Gasteiger partial charge in [-0.05, 0) is 12.8 Å². The molecule has 0 spiro atoms. The van der Waals surface area contributed by atoms with E-state index in [9.17, 15) is 25.5 Å². The minimum absolute atomic E-state index is 0.0921. The average Bonchev–Trinajstić information content (AvgIpc) is 2.58. The molecule has 0 fully saturated rings. The quantitative estimate of drug-likeness (QED) is 0.195. The van der Waals surface area contributed by atoms with Gasteiger partial charge >= 0.3 is 0 Å². The summed E-state index contributed by atoms with van der Waals surface area (Å²) < 4.78 is 10.5. The summed E-state index contributed by atoms with van der Waals surface area (Å²) in [6.45, 7) is 2.79. The van der Waals surface area contributed by atoms with Gasteiger partial charge in [-0.25, -0.2) is 0 Å². The normalized spacial score (nSPS) is 19.5. The highest BCUT2D eigenvalue weighted by molar-refractivity contribution is 4.97. The van der Waals surface area contributed by atoms with Crippen molar-refractivity contribution in [1.82, 2.24) is 0 Å². The van der Waals surface area contributed by atoms with E-state index < -0.39 is 42.9 Å². The van der Waals surface area contributed by atoms with Crippen molar-refractivity contribution in [3.8, 4) is 0 Å². The van der Waals surface area contributed by atoms with E-state index in [2.05, 4.69) is 0 Å². The van der Waals surface area contributed by atoms with Crippen molar-refractivity contribution in [2.75, 3.05) is 46.2 Å².